The van der Waals surface area contributed by atoms with Crippen LogP contribution in [-0.2, 0) is 11.2 Å². The molecule has 3 rings (SSSR count). The number of hydrogen-bond donors (Lipinski definition) is 2. The smallest absolute Gasteiger partial charge is 0.267 e. The van der Waals surface area contributed by atoms with E-state index in [1.165, 1.54) is 6.33 Å². The molecule has 8 heteroatoms. The molecule has 0 bridgehead atoms. The Morgan fingerprint density at radius 2 is 2.04 bits per heavy atom. The first-order valence-electron chi connectivity index (χ1n) is 7.42. The number of aromatic nitrogens is 2. The average molecular weight is 327 g/mol. The minimum atomic E-state index is -0.408. The fourth-order valence-electron chi connectivity index (χ4n) is 2.59. The Kier molecular flexibility index (Phi) is 4.03. The van der Waals surface area contributed by atoms with E-state index in [1.807, 2.05) is 6.92 Å². The zero-order valence-corrected chi connectivity index (χ0v) is 13.1. The number of nitrogens with two attached hydrogens (primary N) is 2. The van der Waals surface area contributed by atoms with Crippen molar-refractivity contribution in [1.29, 1.82) is 0 Å². The number of fused-ring (bicyclic) bond motifs is 1. The van der Waals surface area contributed by atoms with Gasteiger partial charge in [0.1, 0.15) is 23.8 Å². The maximum atomic E-state index is 12.9. The van der Waals surface area contributed by atoms with Crippen LogP contribution >= 0.6 is 0 Å². The van der Waals surface area contributed by atoms with Crippen LogP contribution in [-0.4, -0.2) is 34.4 Å². The Hall–Kier alpha value is -3.16. The second-order valence-corrected chi connectivity index (χ2v) is 5.59. The third-order valence-corrected chi connectivity index (χ3v) is 3.68. The monoisotopic (exact) mass is 327 g/mol. The summed E-state index contributed by atoms with van der Waals surface area (Å²) < 4.78 is 5.68. The normalized spacial score (nSPS) is 17.0. The lowest BCUT2D eigenvalue weighted by molar-refractivity contribution is -0.117. The number of nitrogens with zero attached hydrogens (tertiary/aromatic N) is 3. The number of carbonyl (C=O) groups excluding carboxylic acids is 2. The molecule has 2 heterocycles. The molecule has 1 atom stereocenters. The van der Waals surface area contributed by atoms with Crippen molar-refractivity contribution in [2.75, 3.05) is 17.2 Å². The first-order valence-corrected chi connectivity index (χ1v) is 7.42. The van der Waals surface area contributed by atoms with E-state index in [-0.39, 0.29) is 35.7 Å². The topological polar surface area (TPSA) is 124 Å². The van der Waals surface area contributed by atoms with Crippen LogP contribution in [0.3, 0.4) is 0 Å². The van der Waals surface area contributed by atoms with Gasteiger partial charge in [0.15, 0.2) is 0 Å². The second-order valence-electron chi connectivity index (χ2n) is 5.59. The van der Waals surface area contributed by atoms with E-state index >= 15 is 0 Å². The minimum Gasteiger partial charge on any atom is -0.472 e. The van der Waals surface area contributed by atoms with Crippen molar-refractivity contribution in [3.05, 3.63) is 41.7 Å². The van der Waals surface area contributed by atoms with Crippen molar-refractivity contribution in [3.63, 3.8) is 0 Å². The molecule has 24 heavy (non-hydrogen) atoms. The third kappa shape index (κ3) is 2.98. The van der Waals surface area contributed by atoms with Crippen LogP contribution in [0.4, 0.5) is 11.5 Å². The number of ether oxygens (including phenoxy) is 1. The van der Waals surface area contributed by atoms with E-state index < -0.39 is 5.91 Å². The third-order valence-electron chi connectivity index (χ3n) is 3.68. The molecular formula is C16H17N5O3. The number of carbonyl (C=O) groups is 2. The van der Waals surface area contributed by atoms with E-state index in [2.05, 4.69) is 9.97 Å². The number of primary amides is 1. The van der Waals surface area contributed by atoms with Gasteiger partial charge >= 0.3 is 0 Å². The van der Waals surface area contributed by atoms with Gasteiger partial charge < -0.3 is 21.1 Å². The summed E-state index contributed by atoms with van der Waals surface area (Å²) in [7, 11) is 0. The zero-order valence-electron chi connectivity index (χ0n) is 13.1. The Morgan fingerprint density at radius 1 is 1.33 bits per heavy atom. The molecule has 8 nitrogen and oxygen atoms in total. The maximum absolute atomic E-state index is 12.9. The molecule has 1 aliphatic rings. The summed E-state index contributed by atoms with van der Waals surface area (Å²) in [6.45, 7) is 2.18. The van der Waals surface area contributed by atoms with Gasteiger partial charge in [-0.3, -0.25) is 9.59 Å². The number of rotatable bonds is 3. The summed E-state index contributed by atoms with van der Waals surface area (Å²) in [5, 5.41) is 0. The van der Waals surface area contributed by atoms with Crippen molar-refractivity contribution >= 4 is 23.3 Å². The molecule has 0 spiro atoms. The molecule has 0 saturated carbocycles. The summed E-state index contributed by atoms with van der Waals surface area (Å²) in [6, 6.07) is 7.03. The molecule has 1 aromatic heterocycles. The Balaban J connectivity index is 1.97. The fourth-order valence-corrected chi connectivity index (χ4v) is 2.59. The van der Waals surface area contributed by atoms with Crippen LogP contribution in [0.25, 0.3) is 0 Å². The molecule has 0 unspecified atom stereocenters. The molecule has 0 radical (unpaired) electrons. The minimum absolute atomic E-state index is 0.0782. The zero-order chi connectivity index (χ0) is 17.3. The highest BCUT2D eigenvalue weighted by molar-refractivity contribution is 6.10. The molecule has 0 fully saturated rings. The van der Waals surface area contributed by atoms with Gasteiger partial charge in [-0.2, -0.15) is 0 Å². The van der Waals surface area contributed by atoms with Crippen LogP contribution in [0.1, 0.15) is 22.8 Å². The summed E-state index contributed by atoms with van der Waals surface area (Å²) in [6.07, 6.45) is 1.15. The van der Waals surface area contributed by atoms with E-state index in [4.69, 9.17) is 16.2 Å². The number of amides is 2. The maximum Gasteiger partial charge on any atom is 0.267 e. The van der Waals surface area contributed by atoms with Crippen LogP contribution < -0.4 is 21.1 Å². The van der Waals surface area contributed by atoms with Gasteiger partial charge in [-0.15, -0.1) is 0 Å². The molecule has 2 aromatic rings. The quantitative estimate of drug-likeness (QED) is 0.846. The molecule has 124 valence electrons. The van der Waals surface area contributed by atoms with Crippen molar-refractivity contribution in [2.24, 2.45) is 5.73 Å². The lowest BCUT2D eigenvalue weighted by atomic mass is 10.1. The predicted octanol–water partition coefficient (Wildman–Crippen LogP) is 0.514. The van der Waals surface area contributed by atoms with Gasteiger partial charge in [0.2, 0.25) is 11.8 Å². The largest absolute Gasteiger partial charge is 0.472 e. The highest BCUT2D eigenvalue weighted by Crippen LogP contribution is 2.29. The van der Waals surface area contributed by atoms with Crippen LogP contribution in [0.2, 0.25) is 0 Å². The van der Waals surface area contributed by atoms with E-state index in [9.17, 15) is 9.59 Å². The van der Waals surface area contributed by atoms with E-state index in [1.54, 1.807) is 29.2 Å². The molecule has 2 amide bonds. The van der Waals surface area contributed by atoms with Crippen molar-refractivity contribution in [2.45, 2.75) is 19.4 Å². The van der Waals surface area contributed by atoms with Gasteiger partial charge in [0, 0.05) is 5.69 Å². The predicted molar refractivity (Wildman–Crippen MR) is 87.6 cm³/mol. The Morgan fingerprint density at radius 3 is 2.71 bits per heavy atom. The number of hydrogen-bond acceptors (Lipinski definition) is 6. The number of nitrogen functional groups attached to an aromatic ring is 1. The molecular weight excluding hydrogens is 310 g/mol. The van der Waals surface area contributed by atoms with Crippen molar-refractivity contribution in [3.8, 4) is 5.88 Å². The summed E-state index contributed by atoms with van der Waals surface area (Å²) in [4.78, 5) is 33.3. The Labute approximate surface area is 138 Å². The first-order chi connectivity index (χ1) is 11.5. The lowest BCUT2D eigenvalue weighted by Crippen LogP contribution is -2.36. The van der Waals surface area contributed by atoms with Crippen LogP contribution in [0.15, 0.2) is 30.6 Å². The first kappa shape index (κ1) is 15.7. The van der Waals surface area contributed by atoms with Crippen molar-refractivity contribution < 1.29 is 14.3 Å². The van der Waals surface area contributed by atoms with Crippen LogP contribution in [0, 0.1) is 0 Å². The highest BCUT2D eigenvalue weighted by atomic mass is 16.5. The molecule has 0 saturated heterocycles. The Bertz CT molecular complexity index is 791. The van der Waals surface area contributed by atoms with Gasteiger partial charge in [-0.05, 0) is 24.6 Å². The summed E-state index contributed by atoms with van der Waals surface area (Å²) in [5.41, 5.74) is 12.6. The average Bonchev–Trinajstić information content (AvgIpc) is 2.65. The fraction of sp³-hybridized carbons (Fsp3) is 0.250. The van der Waals surface area contributed by atoms with Gasteiger partial charge in [0.25, 0.3) is 5.91 Å². The summed E-state index contributed by atoms with van der Waals surface area (Å²) in [5.74, 6) is -0.466. The van der Waals surface area contributed by atoms with E-state index in [0.717, 1.165) is 5.56 Å². The molecule has 0 aliphatic carbocycles. The highest BCUT2D eigenvalue weighted by Gasteiger charge is 2.31. The number of benzene rings is 1. The SMILES string of the molecule is C[C@@H]1CN(c2ccc(CC(N)=O)cc2)C(=O)c2c(N)ncnc2O1. The van der Waals surface area contributed by atoms with Crippen LogP contribution in [0.5, 0.6) is 5.88 Å². The standard InChI is InChI=1S/C16H17N5O3/c1-9-7-21(11-4-2-10(3-5-11)6-12(17)22)16(23)13-14(18)19-8-20-15(13)24-9/h2-5,8-9H,6-7H2,1H3,(H2,17,22)(H2,18,19,20)/t9-/m1/s1. The molecule has 1 aliphatic heterocycles. The lowest BCUT2D eigenvalue weighted by Gasteiger charge is -2.22. The summed E-state index contributed by atoms with van der Waals surface area (Å²) >= 11 is 0. The molecule has 4 N–H and O–H groups in total. The van der Waals surface area contributed by atoms with Gasteiger partial charge in [0.05, 0.1) is 13.0 Å². The van der Waals surface area contributed by atoms with Gasteiger partial charge in [-0.25, -0.2) is 9.97 Å². The second kappa shape index (κ2) is 6.15. The van der Waals surface area contributed by atoms with E-state index in [0.29, 0.717) is 12.2 Å². The molecule has 1 aromatic carbocycles. The van der Waals surface area contributed by atoms with Gasteiger partial charge in [-0.1, -0.05) is 12.1 Å². The van der Waals surface area contributed by atoms with Crippen molar-refractivity contribution in [1.82, 2.24) is 9.97 Å². The number of anilines is 2.